The zero-order valence-electron chi connectivity index (χ0n) is 8.77. The molecule has 1 aromatic heterocycles. The highest BCUT2D eigenvalue weighted by Gasteiger charge is 2.04. The molecule has 88 valence electrons. The van der Waals surface area contributed by atoms with E-state index in [4.69, 9.17) is 0 Å². The average molecular weight is 297 g/mol. The molecule has 2 aromatic rings. The molecule has 2 rings (SSSR count). The predicted octanol–water partition coefficient (Wildman–Crippen LogP) is 1.40. The highest BCUT2D eigenvalue weighted by atomic mass is 79.9. The van der Waals surface area contributed by atoms with E-state index in [1.165, 1.54) is 0 Å². The highest BCUT2D eigenvalue weighted by Crippen LogP contribution is 2.15. The number of nitrogens with one attached hydrogen (secondary N) is 1. The van der Waals surface area contributed by atoms with Gasteiger partial charge < -0.3 is 9.72 Å². The Balaban J connectivity index is 2.39. The van der Waals surface area contributed by atoms with E-state index in [1.807, 2.05) is 0 Å². The first-order valence-corrected chi connectivity index (χ1v) is 5.73. The number of fused-ring (bicyclic) bond motifs is 1. The minimum atomic E-state index is -0.191. The number of benzene rings is 1. The number of nitrogens with zero attached hydrogens (tertiary/aromatic N) is 1. The molecular weight excluding hydrogens is 288 g/mol. The second kappa shape index (κ2) is 5.09. The van der Waals surface area contributed by atoms with Crippen LogP contribution >= 0.6 is 15.9 Å². The van der Waals surface area contributed by atoms with E-state index < -0.39 is 0 Å². The van der Waals surface area contributed by atoms with Crippen LogP contribution in [0.3, 0.4) is 0 Å². The Morgan fingerprint density at radius 3 is 3.06 bits per heavy atom. The van der Waals surface area contributed by atoms with Gasteiger partial charge in [0.05, 0.1) is 17.5 Å². The van der Waals surface area contributed by atoms with E-state index >= 15 is 0 Å². The molecule has 0 aliphatic carbocycles. The molecule has 0 fully saturated rings. The van der Waals surface area contributed by atoms with Crippen molar-refractivity contribution in [3.05, 3.63) is 38.9 Å². The van der Waals surface area contributed by atoms with Gasteiger partial charge in [0.25, 0.3) is 12.0 Å². The molecule has 0 spiro atoms. The number of halogens is 1. The molecule has 0 atom stereocenters. The van der Waals surface area contributed by atoms with Crippen LogP contribution in [-0.4, -0.2) is 23.0 Å². The summed E-state index contributed by atoms with van der Waals surface area (Å²) in [7, 11) is 0. The molecule has 0 unspecified atom stereocenters. The van der Waals surface area contributed by atoms with E-state index in [-0.39, 0.29) is 12.2 Å². The van der Waals surface area contributed by atoms with Crippen LogP contribution in [0.4, 0.5) is 0 Å². The fourth-order valence-corrected chi connectivity index (χ4v) is 1.83. The maximum absolute atomic E-state index is 11.7. The Kier molecular flexibility index (Phi) is 3.53. The van der Waals surface area contributed by atoms with Crippen molar-refractivity contribution in [2.75, 3.05) is 6.61 Å². The number of aromatic nitrogens is 2. The Morgan fingerprint density at radius 1 is 1.47 bits per heavy atom. The van der Waals surface area contributed by atoms with Gasteiger partial charge in [-0.3, -0.25) is 9.59 Å². The number of hydrogen-bond donors (Lipinski definition) is 1. The molecule has 1 N–H and O–H groups in total. The first-order chi connectivity index (χ1) is 8.20. The number of ether oxygens (including phenoxy) is 1. The first-order valence-electron chi connectivity index (χ1n) is 4.94. The molecule has 1 aromatic carbocycles. The van der Waals surface area contributed by atoms with Crippen LogP contribution < -0.4 is 5.56 Å². The number of aromatic amines is 1. The fourth-order valence-electron chi connectivity index (χ4n) is 1.48. The third-order valence-corrected chi connectivity index (χ3v) is 2.74. The Hall–Kier alpha value is -1.69. The van der Waals surface area contributed by atoms with Gasteiger partial charge in [-0.05, 0) is 18.2 Å². The quantitative estimate of drug-likeness (QED) is 0.684. The molecule has 1 heterocycles. The van der Waals surface area contributed by atoms with E-state index in [2.05, 4.69) is 30.6 Å². The van der Waals surface area contributed by atoms with E-state index in [1.54, 1.807) is 18.2 Å². The SMILES string of the molecule is O=COCCc1nc2cc(Br)ccc2c(=O)[nH]1. The van der Waals surface area contributed by atoms with Crippen LogP contribution in [0.2, 0.25) is 0 Å². The van der Waals surface area contributed by atoms with Gasteiger partial charge in [-0.25, -0.2) is 4.98 Å². The third-order valence-electron chi connectivity index (χ3n) is 2.24. The minimum Gasteiger partial charge on any atom is -0.467 e. The molecule has 0 radical (unpaired) electrons. The summed E-state index contributed by atoms with van der Waals surface area (Å²) in [6.07, 6.45) is 0.385. The second-order valence-electron chi connectivity index (χ2n) is 3.39. The number of carbonyl (C=O) groups excluding carboxylic acids is 1. The lowest BCUT2D eigenvalue weighted by molar-refractivity contribution is -0.128. The maximum Gasteiger partial charge on any atom is 0.293 e. The largest absolute Gasteiger partial charge is 0.467 e. The highest BCUT2D eigenvalue weighted by molar-refractivity contribution is 9.10. The summed E-state index contributed by atoms with van der Waals surface area (Å²) in [4.78, 5) is 28.7. The summed E-state index contributed by atoms with van der Waals surface area (Å²) < 4.78 is 5.42. The van der Waals surface area contributed by atoms with Crippen molar-refractivity contribution in [1.29, 1.82) is 0 Å². The smallest absolute Gasteiger partial charge is 0.293 e. The van der Waals surface area contributed by atoms with Crippen LogP contribution in [0.15, 0.2) is 27.5 Å². The zero-order valence-corrected chi connectivity index (χ0v) is 10.4. The van der Waals surface area contributed by atoms with Crippen molar-refractivity contribution in [2.45, 2.75) is 6.42 Å². The Morgan fingerprint density at radius 2 is 2.29 bits per heavy atom. The normalized spacial score (nSPS) is 10.4. The summed E-state index contributed by atoms with van der Waals surface area (Å²) >= 11 is 3.32. The van der Waals surface area contributed by atoms with Crippen molar-refractivity contribution < 1.29 is 9.53 Å². The van der Waals surface area contributed by atoms with Gasteiger partial charge in [-0.2, -0.15) is 0 Å². The van der Waals surface area contributed by atoms with Crippen molar-refractivity contribution in [3.63, 3.8) is 0 Å². The van der Waals surface area contributed by atoms with Crippen LogP contribution in [-0.2, 0) is 16.0 Å². The predicted molar refractivity (Wildman–Crippen MR) is 65.8 cm³/mol. The minimum absolute atomic E-state index is 0.191. The number of H-pyrrole nitrogens is 1. The fraction of sp³-hybridized carbons (Fsp3) is 0.182. The molecule has 0 saturated heterocycles. The van der Waals surface area contributed by atoms with Crippen molar-refractivity contribution in [2.24, 2.45) is 0 Å². The van der Waals surface area contributed by atoms with Crippen LogP contribution in [0.1, 0.15) is 5.82 Å². The molecule has 0 aliphatic rings. The van der Waals surface area contributed by atoms with E-state index in [9.17, 15) is 9.59 Å². The van der Waals surface area contributed by atoms with E-state index in [0.717, 1.165) is 4.47 Å². The Bertz CT molecular complexity index is 609. The molecule has 6 heteroatoms. The van der Waals surface area contributed by atoms with Crippen molar-refractivity contribution >= 4 is 33.3 Å². The summed E-state index contributed by atoms with van der Waals surface area (Å²) in [5.41, 5.74) is 0.424. The van der Waals surface area contributed by atoms with E-state index in [0.29, 0.717) is 29.6 Å². The molecule has 0 aliphatic heterocycles. The van der Waals surface area contributed by atoms with Crippen molar-refractivity contribution in [3.8, 4) is 0 Å². The molecule has 0 saturated carbocycles. The lowest BCUT2D eigenvalue weighted by Crippen LogP contribution is -2.13. The third kappa shape index (κ3) is 2.71. The summed E-state index contributed by atoms with van der Waals surface area (Å²) in [6, 6.07) is 5.26. The monoisotopic (exact) mass is 296 g/mol. The van der Waals surface area contributed by atoms with Gasteiger partial charge in [0.15, 0.2) is 0 Å². The molecule has 17 heavy (non-hydrogen) atoms. The summed E-state index contributed by atoms with van der Waals surface area (Å²) in [5, 5.41) is 0.535. The van der Waals surface area contributed by atoms with Gasteiger partial charge in [0.2, 0.25) is 0 Å². The second-order valence-corrected chi connectivity index (χ2v) is 4.31. The van der Waals surface area contributed by atoms with Gasteiger partial charge in [-0.1, -0.05) is 15.9 Å². The maximum atomic E-state index is 11.7. The summed E-state index contributed by atoms with van der Waals surface area (Å²) in [5.74, 6) is 0.502. The van der Waals surface area contributed by atoms with Crippen LogP contribution in [0.5, 0.6) is 0 Å². The zero-order chi connectivity index (χ0) is 12.3. The lowest BCUT2D eigenvalue weighted by atomic mass is 10.2. The molecular formula is C11H9BrN2O3. The van der Waals surface area contributed by atoms with Gasteiger partial charge in [0, 0.05) is 10.9 Å². The van der Waals surface area contributed by atoms with Gasteiger partial charge >= 0.3 is 0 Å². The van der Waals surface area contributed by atoms with Crippen LogP contribution in [0.25, 0.3) is 10.9 Å². The molecule has 0 bridgehead atoms. The van der Waals surface area contributed by atoms with Gasteiger partial charge in [0.1, 0.15) is 5.82 Å². The number of hydrogen-bond acceptors (Lipinski definition) is 4. The topological polar surface area (TPSA) is 72.0 Å². The molecule has 0 amide bonds. The Labute approximate surface area is 105 Å². The standard InChI is InChI=1S/C11H9BrN2O3/c12-7-1-2-8-9(5-7)13-10(14-11(8)16)3-4-17-6-15/h1-2,5-6H,3-4H2,(H,13,14,16). The van der Waals surface area contributed by atoms with Crippen molar-refractivity contribution in [1.82, 2.24) is 9.97 Å². The first kappa shape index (κ1) is 11.8. The number of rotatable bonds is 4. The molecule has 5 nitrogen and oxygen atoms in total. The summed E-state index contributed by atoms with van der Waals surface area (Å²) in [6.45, 7) is 0.571. The van der Waals surface area contributed by atoms with Crippen LogP contribution in [0, 0.1) is 0 Å². The number of carbonyl (C=O) groups is 1. The van der Waals surface area contributed by atoms with Gasteiger partial charge in [-0.15, -0.1) is 0 Å². The lowest BCUT2D eigenvalue weighted by Gasteiger charge is -2.02. The average Bonchev–Trinajstić information content (AvgIpc) is 2.28.